The van der Waals surface area contributed by atoms with E-state index in [1.54, 1.807) is 4.68 Å². The maximum atomic E-state index is 10.9. The Balaban J connectivity index is 2.16. The van der Waals surface area contributed by atoms with Gasteiger partial charge < -0.3 is 5.11 Å². The molecule has 1 N–H and O–H groups in total. The average molecular weight is 232 g/mol. The zero-order chi connectivity index (χ0) is 12.1. The van der Waals surface area contributed by atoms with Gasteiger partial charge in [-0.2, -0.15) is 0 Å². The molecule has 0 aliphatic carbocycles. The van der Waals surface area contributed by atoms with Crippen LogP contribution in [0.1, 0.15) is 17.9 Å². The second-order valence-corrected chi connectivity index (χ2v) is 3.74. The van der Waals surface area contributed by atoms with Gasteiger partial charge in [-0.15, -0.1) is 5.10 Å². The van der Waals surface area contributed by atoms with Crippen LogP contribution in [0.15, 0.2) is 36.7 Å². The quantitative estimate of drug-likeness (QED) is 0.829. The first-order valence-corrected chi connectivity index (χ1v) is 5.23. The summed E-state index contributed by atoms with van der Waals surface area (Å²) >= 11 is 0. The van der Waals surface area contributed by atoms with Crippen molar-refractivity contribution in [3.8, 4) is 0 Å². The first-order chi connectivity index (χ1) is 8.25. The van der Waals surface area contributed by atoms with Gasteiger partial charge in [0.15, 0.2) is 0 Å². The Morgan fingerprint density at radius 2 is 2.12 bits per heavy atom. The first kappa shape index (κ1) is 11.3. The van der Waals surface area contributed by atoms with Gasteiger partial charge in [0, 0.05) is 5.92 Å². The number of nitrogens with zero attached hydrogens (tertiary/aromatic N) is 4. The molecule has 0 amide bonds. The monoisotopic (exact) mass is 232 g/mol. The third kappa shape index (κ3) is 3.10. The molecule has 1 atom stereocenters. The molecular formula is C11H12N4O2. The summed E-state index contributed by atoms with van der Waals surface area (Å²) in [6.07, 6.45) is 1.54. The molecule has 6 heteroatoms. The fourth-order valence-electron chi connectivity index (χ4n) is 1.71. The molecule has 0 unspecified atom stereocenters. The molecule has 6 nitrogen and oxygen atoms in total. The Kier molecular flexibility index (Phi) is 3.44. The lowest BCUT2D eigenvalue weighted by molar-refractivity contribution is -0.137. The summed E-state index contributed by atoms with van der Waals surface area (Å²) in [5.74, 6) is -0.955. The molecule has 0 fully saturated rings. The standard InChI is InChI=1S/C11H12N4O2/c16-11(17)6-10(7-15-8-12-13-14-15)9-4-2-1-3-5-9/h1-5,8,10H,6-7H2,(H,16,17)/t10-/m0/s1. The third-order valence-electron chi connectivity index (χ3n) is 2.49. The molecule has 0 bridgehead atoms. The number of benzene rings is 1. The Morgan fingerprint density at radius 3 is 2.71 bits per heavy atom. The van der Waals surface area contributed by atoms with Crippen LogP contribution in [0.5, 0.6) is 0 Å². The van der Waals surface area contributed by atoms with E-state index in [9.17, 15) is 4.79 Å². The third-order valence-corrected chi connectivity index (χ3v) is 2.49. The van der Waals surface area contributed by atoms with Crippen molar-refractivity contribution in [1.82, 2.24) is 20.2 Å². The van der Waals surface area contributed by atoms with Crippen molar-refractivity contribution in [2.24, 2.45) is 0 Å². The molecule has 0 saturated carbocycles. The number of aliphatic carboxylic acids is 1. The normalized spacial score (nSPS) is 12.2. The topological polar surface area (TPSA) is 80.9 Å². The van der Waals surface area contributed by atoms with Crippen LogP contribution in [0.25, 0.3) is 0 Å². The summed E-state index contributed by atoms with van der Waals surface area (Å²) in [5.41, 5.74) is 0.977. The number of carboxylic acid groups (broad SMARTS) is 1. The zero-order valence-electron chi connectivity index (χ0n) is 9.10. The van der Waals surface area contributed by atoms with E-state index >= 15 is 0 Å². The fourth-order valence-corrected chi connectivity index (χ4v) is 1.71. The number of rotatable bonds is 5. The van der Waals surface area contributed by atoms with Crippen LogP contribution in [-0.2, 0) is 11.3 Å². The highest BCUT2D eigenvalue weighted by Crippen LogP contribution is 2.21. The summed E-state index contributed by atoms with van der Waals surface area (Å²) < 4.78 is 1.54. The van der Waals surface area contributed by atoms with Gasteiger partial charge in [0.05, 0.1) is 13.0 Å². The number of hydrogen-bond acceptors (Lipinski definition) is 4. The van der Waals surface area contributed by atoms with Crippen LogP contribution in [0.2, 0.25) is 0 Å². The highest BCUT2D eigenvalue weighted by molar-refractivity contribution is 5.68. The van der Waals surface area contributed by atoms with Crippen molar-refractivity contribution in [2.75, 3.05) is 0 Å². The minimum absolute atomic E-state index is 0.0594. The van der Waals surface area contributed by atoms with Crippen LogP contribution in [0.4, 0.5) is 0 Å². The number of carboxylic acids is 1. The highest BCUT2D eigenvalue weighted by Gasteiger charge is 2.16. The van der Waals surface area contributed by atoms with Crippen molar-refractivity contribution < 1.29 is 9.90 Å². The van der Waals surface area contributed by atoms with E-state index in [-0.39, 0.29) is 12.3 Å². The number of aromatic nitrogens is 4. The fraction of sp³-hybridized carbons (Fsp3) is 0.273. The molecule has 1 aromatic heterocycles. The van der Waals surface area contributed by atoms with Gasteiger partial charge in [-0.05, 0) is 16.0 Å². The molecule has 0 spiro atoms. The molecule has 88 valence electrons. The minimum atomic E-state index is -0.827. The van der Waals surface area contributed by atoms with Crippen molar-refractivity contribution in [3.05, 3.63) is 42.2 Å². The van der Waals surface area contributed by atoms with Gasteiger partial charge in [0.1, 0.15) is 6.33 Å². The van der Waals surface area contributed by atoms with Crippen molar-refractivity contribution in [2.45, 2.75) is 18.9 Å². The second kappa shape index (κ2) is 5.20. The van der Waals surface area contributed by atoms with Gasteiger partial charge >= 0.3 is 5.97 Å². The van der Waals surface area contributed by atoms with E-state index in [0.29, 0.717) is 6.54 Å². The van der Waals surface area contributed by atoms with Crippen molar-refractivity contribution >= 4 is 5.97 Å². The van der Waals surface area contributed by atoms with Gasteiger partial charge in [-0.3, -0.25) is 4.79 Å². The summed E-state index contributed by atoms with van der Waals surface area (Å²) in [6.45, 7) is 0.462. The Bertz CT molecular complexity index is 469. The van der Waals surface area contributed by atoms with Crippen LogP contribution in [0.3, 0.4) is 0 Å². The maximum absolute atomic E-state index is 10.9. The molecule has 0 aliphatic heterocycles. The lowest BCUT2D eigenvalue weighted by atomic mass is 9.96. The molecule has 0 radical (unpaired) electrons. The van der Waals surface area contributed by atoms with E-state index in [4.69, 9.17) is 5.11 Å². The first-order valence-electron chi connectivity index (χ1n) is 5.23. The maximum Gasteiger partial charge on any atom is 0.304 e. The predicted molar refractivity (Wildman–Crippen MR) is 59.3 cm³/mol. The Hall–Kier alpha value is -2.24. The molecule has 2 rings (SSSR count). The molecule has 2 aromatic rings. The SMILES string of the molecule is O=C(O)C[C@@H](Cn1cnnn1)c1ccccc1. The Morgan fingerprint density at radius 1 is 1.35 bits per heavy atom. The van der Waals surface area contributed by atoms with Crippen LogP contribution < -0.4 is 0 Å². The molecule has 1 aromatic carbocycles. The summed E-state index contributed by atoms with van der Waals surface area (Å²) in [4.78, 5) is 10.9. The summed E-state index contributed by atoms with van der Waals surface area (Å²) in [7, 11) is 0. The zero-order valence-corrected chi connectivity index (χ0v) is 9.10. The van der Waals surface area contributed by atoms with Crippen LogP contribution in [0, 0.1) is 0 Å². The van der Waals surface area contributed by atoms with Crippen LogP contribution in [-0.4, -0.2) is 31.3 Å². The highest BCUT2D eigenvalue weighted by atomic mass is 16.4. The second-order valence-electron chi connectivity index (χ2n) is 3.74. The predicted octanol–water partition coefficient (Wildman–Crippen LogP) is 0.932. The van der Waals surface area contributed by atoms with E-state index in [1.165, 1.54) is 6.33 Å². The van der Waals surface area contributed by atoms with Crippen LogP contribution >= 0.6 is 0 Å². The van der Waals surface area contributed by atoms with Crippen molar-refractivity contribution in [3.63, 3.8) is 0 Å². The van der Waals surface area contributed by atoms with E-state index in [1.807, 2.05) is 30.3 Å². The van der Waals surface area contributed by atoms with E-state index < -0.39 is 5.97 Å². The molecule has 0 saturated heterocycles. The largest absolute Gasteiger partial charge is 0.481 e. The van der Waals surface area contributed by atoms with Crippen molar-refractivity contribution in [1.29, 1.82) is 0 Å². The van der Waals surface area contributed by atoms with Gasteiger partial charge in [-0.1, -0.05) is 30.3 Å². The number of hydrogen-bond donors (Lipinski definition) is 1. The molecule has 0 aliphatic rings. The smallest absolute Gasteiger partial charge is 0.304 e. The summed E-state index contributed by atoms with van der Waals surface area (Å²) in [6, 6.07) is 9.52. The number of carbonyl (C=O) groups is 1. The average Bonchev–Trinajstić information content (AvgIpc) is 2.82. The minimum Gasteiger partial charge on any atom is -0.481 e. The van der Waals surface area contributed by atoms with E-state index in [2.05, 4.69) is 15.5 Å². The summed E-state index contributed by atoms with van der Waals surface area (Å²) in [5, 5.41) is 19.7. The molecular weight excluding hydrogens is 220 g/mol. The number of tetrazole rings is 1. The van der Waals surface area contributed by atoms with Gasteiger partial charge in [0.2, 0.25) is 0 Å². The lowest BCUT2D eigenvalue weighted by Gasteiger charge is -2.14. The van der Waals surface area contributed by atoms with Gasteiger partial charge in [-0.25, -0.2) is 4.68 Å². The molecule has 17 heavy (non-hydrogen) atoms. The Labute approximate surface area is 97.9 Å². The van der Waals surface area contributed by atoms with E-state index in [0.717, 1.165) is 5.56 Å². The lowest BCUT2D eigenvalue weighted by Crippen LogP contribution is -2.14. The molecule has 1 heterocycles. The van der Waals surface area contributed by atoms with Gasteiger partial charge in [0.25, 0.3) is 0 Å².